The predicted octanol–water partition coefficient (Wildman–Crippen LogP) is 2.35. The molecule has 0 rings (SSSR count). The minimum atomic E-state index is -2.92. The van der Waals surface area contributed by atoms with E-state index in [0.29, 0.717) is 13.2 Å². The van der Waals surface area contributed by atoms with Gasteiger partial charge in [0.2, 0.25) is 0 Å². The third kappa shape index (κ3) is 6.27. The van der Waals surface area contributed by atoms with E-state index >= 15 is 0 Å². The van der Waals surface area contributed by atoms with Gasteiger partial charge in [0.1, 0.15) is 0 Å². The van der Waals surface area contributed by atoms with E-state index in [-0.39, 0.29) is 12.2 Å². The van der Waals surface area contributed by atoms with E-state index in [0.717, 1.165) is 0 Å². The molecule has 0 aliphatic carbocycles. The fraction of sp³-hybridized carbons (Fsp3) is 1.00. The van der Waals surface area contributed by atoms with E-state index in [9.17, 15) is 0 Å². The molecule has 0 aromatic rings. The standard InChI is InChI=1S/C10H24O4Si/c1-7-11-15(12-8-2,13-9(3)4)14-10(5)6/h9-10H,7-8H2,1-6H3. The molecule has 0 aliphatic heterocycles. The molecular formula is C10H24O4Si. The summed E-state index contributed by atoms with van der Waals surface area (Å²) in [4.78, 5) is 0. The van der Waals surface area contributed by atoms with E-state index in [1.54, 1.807) is 0 Å². The molecule has 0 heterocycles. The van der Waals surface area contributed by atoms with Crippen LogP contribution in [0.5, 0.6) is 0 Å². The van der Waals surface area contributed by atoms with Crippen molar-refractivity contribution in [3.05, 3.63) is 0 Å². The monoisotopic (exact) mass is 236 g/mol. The van der Waals surface area contributed by atoms with E-state index in [1.807, 2.05) is 41.5 Å². The quantitative estimate of drug-likeness (QED) is 0.606. The predicted molar refractivity (Wildman–Crippen MR) is 61.4 cm³/mol. The molecule has 0 aliphatic rings. The van der Waals surface area contributed by atoms with Crippen LogP contribution < -0.4 is 0 Å². The van der Waals surface area contributed by atoms with Gasteiger partial charge in [0.05, 0.1) is 0 Å². The Labute approximate surface area is 94.4 Å². The summed E-state index contributed by atoms with van der Waals surface area (Å²) in [6.07, 6.45) is 0.0713. The molecule has 4 nitrogen and oxygen atoms in total. The van der Waals surface area contributed by atoms with Gasteiger partial charge in [-0.1, -0.05) is 0 Å². The fourth-order valence-electron chi connectivity index (χ4n) is 1.14. The summed E-state index contributed by atoms with van der Waals surface area (Å²) >= 11 is 0. The first-order valence-corrected chi connectivity index (χ1v) is 7.22. The molecule has 0 spiro atoms. The van der Waals surface area contributed by atoms with Crippen molar-refractivity contribution >= 4 is 9.05 Å². The van der Waals surface area contributed by atoms with Crippen LogP contribution in [0, 0.1) is 0 Å². The molecule has 0 fully saturated rings. The maximum absolute atomic E-state index is 5.70. The van der Waals surface area contributed by atoms with Crippen LogP contribution in [0.2, 0.25) is 0 Å². The summed E-state index contributed by atoms with van der Waals surface area (Å²) in [5.41, 5.74) is 0. The lowest BCUT2D eigenvalue weighted by Crippen LogP contribution is -2.52. The highest BCUT2D eigenvalue weighted by Gasteiger charge is 2.46. The lowest BCUT2D eigenvalue weighted by atomic mass is 10.5. The van der Waals surface area contributed by atoms with Crippen LogP contribution in [0.4, 0.5) is 0 Å². The summed E-state index contributed by atoms with van der Waals surface area (Å²) in [5, 5.41) is 0. The Morgan fingerprint density at radius 3 is 1.33 bits per heavy atom. The van der Waals surface area contributed by atoms with Gasteiger partial charge in [-0.05, 0) is 41.5 Å². The third-order valence-corrected chi connectivity index (χ3v) is 4.21. The van der Waals surface area contributed by atoms with E-state index < -0.39 is 9.05 Å². The maximum Gasteiger partial charge on any atom is 0.680 e. The van der Waals surface area contributed by atoms with Crippen molar-refractivity contribution in [2.45, 2.75) is 53.8 Å². The van der Waals surface area contributed by atoms with Crippen molar-refractivity contribution in [2.24, 2.45) is 0 Å². The normalized spacial score (nSPS) is 12.8. The van der Waals surface area contributed by atoms with Gasteiger partial charge in [-0.25, -0.2) is 0 Å². The van der Waals surface area contributed by atoms with Crippen molar-refractivity contribution < 1.29 is 17.7 Å². The first kappa shape index (κ1) is 15.1. The van der Waals surface area contributed by atoms with Gasteiger partial charge in [-0.3, -0.25) is 0 Å². The molecule has 5 heteroatoms. The highest BCUT2D eigenvalue weighted by molar-refractivity contribution is 6.53. The second kappa shape index (κ2) is 7.35. The molecule has 15 heavy (non-hydrogen) atoms. The van der Waals surface area contributed by atoms with E-state index in [1.165, 1.54) is 0 Å². The van der Waals surface area contributed by atoms with Crippen LogP contribution in [-0.4, -0.2) is 34.5 Å². The Kier molecular flexibility index (Phi) is 7.38. The topological polar surface area (TPSA) is 36.9 Å². The van der Waals surface area contributed by atoms with Gasteiger partial charge in [0.25, 0.3) is 0 Å². The van der Waals surface area contributed by atoms with Gasteiger partial charge in [-0.2, -0.15) is 0 Å². The Bertz CT molecular complexity index is 144. The molecule has 0 bridgehead atoms. The number of rotatable bonds is 8. The average Bonchev–Trinajstić information content (AvgIpc) is 2.01. The van der Waals surface area contributed by atoms with E-state index in [2.05, 4.69) is 0 Å². The van der Waals surface area contributed by atoms with Crippen molar-refractivity contribution in [1.29, 1.82) is 0 Å². The summed E-state index contributed by atoms with van der Waals surface area (Å²) in [7, 11) is -2.92. The minimum absolute atomic E-state index is 0.0357. The third-order valence-electron chi connectivity index (χ3n) is 1.40. The average molecular weight is 236 g/mol. The van der Waals surface area contributed by atoms with Crippen molar-refractivity contribution in [3.8, 4) is 0 Å². The van der Waals surface area contributed by atoms with Gasteiger partial charge in [0, 0.05) is 25.4 Å². The summed E-state index contributed by atoms with van der Waals surface area (Å²) in [6.45, 7) is 12.7. The van der Waals surface area contributed by atoms with Gasteiger partial charge in [0.15, 0.2) is 0 Å². The first-order valence-electron chi connectivity index (χ1n) is 5.59. The molecule has 0 aromatic heterocycles. The van der Waals surface area contributed by atoms with Crippen LogP contribution in [0.1, 0.15) is 41.5 Å². The summed E-state index contributed by atoms with van der Waals surface area (Å²) in [5.74, 6) is 0. The van der Waals surface area contributed by atoms with Crippen LogP contribution in [0.3, 0.4) is 0 Å². The fourth-order valence-corrected chi connectivity index (χ4v) is 3.41. The molecule has 0 N–H and O–H groups in total. The van der Waals surface area contributed by atoms with E-state index in [4.69, 9.17) is 17.7 Å². The molecule has 0 aromatic carbocycles. The molecule has 0 radical (unpaired) electrons. The minimum Gasteiger partial charge on any atom is -0.351 e. The van der Waals surface area contributed by atoms with Crippen LogP contribution >= 0.6 is 0 Å². The van der Waals surface area contributed by atoms with Crippen LogP contribution in [-0.2, 0) is 17.7 Å². The Balaban J connectivity index is 4.55. The van der Waals surface area contributed by atoms with Gasteiger partial charge >= 0.3 is 9.05 Å². The second-order valence-electron chi connectivity index (χ2n) is 3.70. The maximum atomic E-state index is 5.70. The Morgan fingerprint density at radius 2 is 1.13 bits per heavy atom. The molecule has 0 unspecified atom stereocenters. The molecule has 92 valence electrons. The zero-order valence-corrected chi connectivity index (χ0v) is 11.7. The Morgan fingerprint density at radius 1 is 0.800 bits per heavy atom. The Hall–Kier alpha value is 0.0569. The molecule has 0 saturated heterocycles. The van der Waals surface area contributed by atoms with Gasteiger partial charge < -0.3 is 17.7 Å². The lowest BCUT2D eigenvalue weighted by Gasteiger charge is -2.30. The van der Waals surface area contributed by atoms with Crippen LogP contribution in [0.25, 0.3) is 0 Å². The largest absolute Gasteiger partial charge is 0.680 e. The molecule has 0 atom stereocenters. The SMILES string of the molecule is CCO[Si](OCC)(OC(C)C)OC(C)C. The highest BCUT2D eigenvalue weighted by atomic mass is 28.4. The van der Waals surface area contributed by atoms with Crippen LogP contribution in [0.15, 0.2) is 0 Å². The number of hydrogen-bond donors (Lipinski definition) is 0. The molecule has 0 saturated carbocycles. The summed E-state index contributed by atoms with van der Waals surface area (Å²) < 4.78 is 22.5. The van der Waals surface area contributed by atoms with Gasteiger partial charge in [-0.15, -0.1) is 0 Å². The van der Waals surface area contributed by atoms with Crippen molar-refractivity contribution in [3.63, 3.8) is 0 Å². The lowest BCUT2D eigenvalue weighted by molar-refractivity contribution is -0.0584. The summed E-state index contributed by atoms with van der Waals surface area (Å²) in [6, 6.07) is 0. The first-order chi connectivity index (χ1) is 6.95. The zero-order chi connectivity index (χ0) is 11.9. The molecular weight excluding hydrogens is 212 g/mol. The highest BCUT2D eigenvalue weighted by Crippen LogP contribution is 2.16. The van der Waals surface area contributed by atoms with Crippen molar-refractivity contribution in [2.75, 3.05) is 13.2 Å². The smallest absolute Gasteiger partial charge is 0.351 e. The zero-order valence-electron chi connectivity index (χ0n) is 10.7. The second-order valence-corrected chi connectivity index (χ2v) is 5.75. The van der Waals surface area contributed by atoms with Crippen molar-refractivity contribution in [1.82, 2.24) is 0 Å². The molecule has 0 amide bonds. The number of hydrogen-bond acceptors (Lipinski definition) is 4.